The first kappa shape index (κ1) is 11.6. The van der Waals surface area contributed by atoms with Gasteiger partial charge >= 0.3 is 0 Å². The molecule has 96 valence electrons. The van der Waals surface area contributed by atoms with Crippen molar-refractivity contribution in [3.05, 3.63) is 53.6 Å². The van der Waals surface area contributed by atoms with Gasteiger partial charge in [0.15, 0.2) is 5.82 Å². The van der Waals surface area contributed by atoms with Crippen LogP contribution in [-0.2, 0) is 6.42 Å². The van der Waals surface area contributed by atoms with Gasteiger partial charge in [-0.15, -0.1) is 0 Å². The number of nitrogens with two attached hydrogens (primary N) is 1. The summed E-state index contributed by atoms with van der Waals surface area (Å²) in [5.74, 6) is -0.964. The zero-order valence-corrected chi connectivity index (χ0v) is 10.1. The lowest BCUT2D eigenvalue weighted by atomic mass is 10.1. The first-order valence-corrected chi connectivity index (χ1v) is 5.96. The van der Waals surface area contributed by atoms with E-state index in [0.717, 1.165) is 23.9 Å². The normalized spacial score (nSPS) is 13.4. The maximum Gasteiger partial charge on any atom is 0.261 e. The number of halogens is 1. The van der Waals surface area contributed by atoms with E-state index < -0.39 is 5.82 Å². The summed E-state index contributed by atoms with van der Waals surface area (Å²) in [5.41, 5.74) is 8.18. The molecule has 0 atom stereocenters. The van der Waals surface area contributed by atoms with Crippen molar-refractivity contribution in [3.63, 3.8) is 0 Å². The van der Waals surface area contributed by atoms with Gasteiger partial charge in [-0.05, 0) is 30.2 Å². The molecule has 0 spiro atoms. The molecule has 2 N–H and O–H groups in total. The molecule has 0 fully saturated rings. The second-order valence-corrected chi connectivity index (χ2v) is 4.45. The topological polar surface area (TPSA) is 59.2 Å². The number of hydrogen-bond donors (Lipinski definition) is 1. The highest BCUT2D eigenvalue weighted by molar-refractivity contribution is 6.07. The van der Waals surface area contributed by atoms with Crippen molar-refractivity contribution in [1.29, 1.82) is 0 Å². The average molecular weight is 257 g/mol. The van der Waals surface area contributed by atoms with Crippen molar-refractivity contribution in [2.75, 3.05) is 17.2 Å². The number of pyridine rings is 1. The van der Waals surface area contributed by atoms with Gasteiger partial charge in [-0.2, -0.15) is 0 Å². The highest BCUT2D eigenvalue weighted by Crippen LogP contribution is 2.31. The molecule has 0 bridgehead atoms. The number of fused-ring (bicyclic) bond motifs is 1. The third kappa shape index (κ3) is 1.93. The van der Waals surface area contributed by atoms with Crippen molar-refractivity contribution >= 4 is 17.3 Å². The smallest absolute Gasteiger partial charge is 0.261 e. The van der Waals surface area contributed by atoms with Gasteiger partial charge in [0.2, 0.25) is 0 Å². The van der Waals surface area contributed by atoms with Crippen LogP contribution in [0.3, 0.4) is 0 Å². The number of benzene rings is 1. The molecule has 2 heterocycles. The van der Waals surface area contributed by atoms with Crippen molar-refractivity contribution < 1.29 is 9.18 Å². The van der Waals surface area contributed by atoms with Crippen molar-refractivity contribution in [1.82, 2.24) is 4.98 Å². The molecule has 2 aromatic rings. The predicted molar refractivity (Wildman–Crippen MR) is 70.4 cm³/mol. The van der Waals surface area contributed by atoms with Gasteiger partial charge < -0.3 is 10.6 Å². The van der Waals surface area contributed by atoms with Crippen LogP contribution in [0.5, 0.6) is 0 Å². The molecule has 0 saturated carbocycles. The molecule has 3 rings (SSSR count). The van der Waals surface area contributed by atoms with E-state index in [4.69, 9.17) is 5.73 Å². The Morgan fingerprint density at radius 3 is 3.00 bits per heavy atom. The van der Waals surface area contributed by atoms with Crippen LogP contribution in [0, 0.1) is 5.82 Å². The highest BCUT2D eigenvalue weighted by Gasteiger charge is 2.27. The molecule has 5 heteroatoms. The Bertz CT molecular complexity index is 657. The minimum atomic E-state index is -0.607. The van der Waals surface area contributed by atoms with Crippen LogP contribution in [0.4, 0.5) is 15.8 Å². The quantitative estimate of drug-likeness (QED) is 0.795. The SMILES string of the molecule is Nc1ccc2c(c1)N(C(=O)c1ccncc1F)CC2. The van der Waals surface area contributed by atoms with Gasteiger partial charge in [-0.1, -0.05) is 6.07 Å². The fourth-order valence-electron chi connectivity index (χ4n) is 2.30. The molecule has 1 aliphatic heterocycles. The zero-order valence-electron chi connectivity index (χ0n) is 10.1. The molecule has 19 heavy (non-hydrogen) atoms. The van der Waals surface area contributed by atoms with Gasteiger partial charge in [-0.3, -0.25) is 9.78 Å². The maximum atomic E-state index is 13.6. The number of amides is 1. The maximum absolute atomic E-state index is 13.6. The zero-order chi connectivity index (χ0) is 13.4. The molecule has 0 unspecified atom stereocenters. The second kappa shape index (κ2) is 4.35. The number of aromatic nitrogens is 1. The standard InChI is InChI=1S/C14H12FN3O/c15-12-8-17-5-3-11(12)14(19)18-6-4-9-1-2-10(16)7-13(9)18/h1-3,5,7-8H,4,6,16H2. The van der Waals surface area contributed by atoms with Crippen LogP contribution >= 0.6 is 0 Å². The molecule has 1 aromatic carbocycles. The number of nitrogens with zero attached hydrogens (tertiary/aromatic N) is 2. The molecule has 0 radical (unpaired) electrons. The van der Waals surface area contributed by atoms with Crippen LogP contribution in [0.1, 0.15) is 15.9 Å². The van der Waals surface area contributed by atoms with Crippen LogP contribution in [-0.4, -0.2) is 17.4 Å². The van der Waals surface area contributed by atoms with E-state index >= 15 is 0 Å². The Morgan fingerprint density at radius 2 is 2.21 bits per heavy atom. The third-order valence-electron chi connectivity index (χ3n) is 3.25. The summed E-state index contributed by atoms with van der Waals surface area (Å²) in [6.45, 7) is 0.541. The Balaban J connectivity index is 2.00. The van der Waals surface area contributed by atoms with Gasteiger partial charge in [0.1, 0.15) is 0 Å². The largest absolute Gasteiger partial charge is 0.399 e. The monoisotopic (exact) mass is 257 g/mol. The Morgan fingerprint density at radius 1 is 1.37 bits per heavy atom. The van der Waals surface area contributed by atoms with E-state index in [1.165, 1.54) is 12.3 Å². The molecule has 4 nitrogen and oxygen atoms in total. The van der Waals surface area contributed by atoms with E-state index in [2.05, 4.69) is 4.98 Å². The van der Waals surface area contributed by atoms with E-state index in [1.54, 1.807) is 17.0 Å². The summed E-state index contributed by atoms with van der Waals surface area (Å²) in [7, 11) is 0. The molecule has 1 aliphatic rings. The lowest BCUT2D eigenvalue weighted by Crippen LogP contribution is -2.29. The number of carbonyl (C=O) groups is 1. The molecule has 0 saturated heterocycles. The van der Waals surface area contributed by atoms with Gasteiger partial charge in [0, 0.05) is 24.1 Å². The fraction of sp³-hybridized carbons (Fsp3) is 0.143. The number of anilines is 2. The Kier molecular flexibility index (Phi) is 2.67. The average Bonchev–Trinajstić information content (AvgIpc) is 2.81. The van der Waals surface area contributed by atoms with Crippen molar-refractivity contribution in [2.45, 2.75) is 6.42 Å². The number of nitrogen functional groups attached to an aromatic ring is 1. The predicted octanol–water partition coefficient (Wildman–Crippen LogP) is 2.01. The molecule has 1 aromatic heterocycles. The fourth-order valence-corrected chi connectivity index (χ4v) is 2.30. The summed E-state index contributed by atoms with van der Waals surface area (Å²) in [6.07, 6.45) is 3.21. The van der Waals surface area contributed by atoms with E-state index in [9.17, 15) is 9.18 Å². The van der Waals surface area contributed by atoms with Gasteiger partial charge in [0.05, 0.1) is 11.8 Å². The van der Waals surface area contributed by atoms with Crippen LogP contribution in [0.2, 0.25) is 0 Å². The third-order valence-corrected chi connectivity index (χ3v) is 3.25. The van der Waals surface area contributed by atoms with Crippen LogP contribution in [0.15, 0.2) is 36.7 Å². The minimum absolute atomic E-state index is 0.0327. The first-order chi connectivity index (χ1) is 9.16. The molecule has 0 aliphatic carbocycles. The van der Waals surface area contributed by atoms with E-state index in [0.29, 0.717) is 12.2 Å². The number of rotatable bonds is 1. The van der Waals surface area contributed by atoms with Gasteiger partial charge in [0.25, 0.3) is 5.91 Å². The van der Waals surface area contributed by atoms with E-state index in [1.807, 2.05) is 6.07 Å². The summed E-state index contributed by atoms with van der Waals surface area (Å²) in [4.78, 5) is 17.6. The number of carbonyl (C=O) groups excluding carboxylic acids is 1. The summed E-state index contributed by atoms with van der Waals surface area (Å²) >= 11 is 0. The van der Waals surface area contributed by atoms with E-state index in [-0.39, 0.29) is 11.5 Å². The lowest BCUT2D eigenvalue weighted by Gasteiger charge is -2.17. The van der Waals surface area contributed by atoms with Crippen molar-refractivity contribution in [3.8, 4) is 0 Å². The Labute approximate surface area is 109 Å². The first-order valence-electron chi connectivity index (χ1n) is 5.96. The van der Waals surface area contributed by atoms with Gasteiger partial charge in [-0.25, -0.2) is 4.39 Å². The summed E-state index contributed by atoms with van der Waals surface area (Å²) < 4.78 is 13.6. The second-order valence-electron chi connectivity index (χ2n) is 4.45. The van der Waals surface area contributed by atoms with Crippen LogP contribution in [0.25, 0.3) is 0 Å². The Hall–Kier alpha value is -2.43. The van der Waals surface area contributed by atoms with Crippen molar-refractivity contribution in [2.24, 2.45) is 0 Å². The highest BCUT2D eigenvalue weighted by atomic mass is 19.1. The number of hydrogen-bond acceptors (Lipinski definition) is 3. The minimum Gasteiger partial charge on any atom is -0.399 e. The summed E-state index contributed by atoms with van der Waals surface area (Å²) in [6, 6.07) is 6.85. The lowest BCUT2D eigenvalue weighted by molar-refractivity contribution is 0.0985. The molecule has 1 amide bonds. The molecular formula is C14H12FN3O. The van der Waals surface area contributed by atoms with Crippen LogP contribution < -0.4 is 10.6 Å². The summed E-state index contributed by atoms with van der Waals surface area (Å²) in [5, 5.41) is 0. The molecular weight excluding hydrogens is 245 g/mol.